The second-order valence-electron chi connectivity index (χ2n) is 4.70. The molecule has 1 aromatic rings. The highest BCUT2D eigenvalue weighted by atomic mass is 16.2. The largest absolute Gasteiger partial charge is 0.326 e. The minimum absolute atomic E-state index is 0.00506. The zero-order valence-electron chi connectivity index (χ0n) is 11.3. The van der Waals surface area contributed by atoms with Gasteiger partial charge < -0.3 is 15.5 Å². The molecule has 1 aromatic carbocycles. The molecule has 0 saturated heterocycles. The van der Waals surface area contributed by atoms with Gasteiger partial charge in [0.1, 0.15) is 0 Å². The van der Waals surface area contributed by atoms with Crippen LogP contribution in [0.2, 0.25) is 0 Å². The number of aryl methyl sites for hydroxylation is 1. The van der Waals surface area contributed by atoms with Gasteiger partial charge in [0.2, 0.25) is 11.8 Å². The number of nitrogens with zero attached hydrogens (tertiary/aromatic N) is 1. The smallest absolute Gasteiger partial charge is 0.227 e. The van der Waals surface area contributed by atoms with Gasteiger partial charge in [0, 0.05) is 37.8 Å². The Hall–Kier alpha value is -1.88. The number of hydrogen-bond donors (Lipinski definition) is 2. The summed E-state index contributed by atoms with van der Waals surface area (Å²) in [6, 6.07) is 5.68. The molecule has 2 amide bonds. The van der Waals surface area contributed by atoms with Gasteiger partial charge in [-0.25, -0.2) is 0 Å². The second-order valence-corrected chi connectivity index (χ2v) is 4.70. The van der Waals surface area contributed by atoms with Crippen LogP contribution in [-0.2, 0) is 16.0 Å². The maximum atomic E-state index is 11.6. The molecule has 5 nitrogen and oxygen atoms in total. The first-order valence-corrected chi connectivity index (χ1v) is 6.45. The summed E-state index contributed by atoms with van der Waals surface area (Å²) in [7, 11) is 3.60. The number of anilines is 2. The fourth-order valence-corrected chi connectivity index (χ4v) is 2.20. The van der Waals surface area contributed by atoms with E-state index in [4.69, 9.17) is 0 Å². The van der Waals surface area contributed by atoms with Crippen molar-refractivity contribution in [3.05, 3.63) is 23.8 Å². The van der Waals surface area contributed by atoms with E-state index in [0.717, 1.165) is 23.4 Å². The van der Waals surface area contributed by atoms with Gasteiger partial charge in [-0.05, 0) is 37.2 Å². The number of carbonyl (C=O) groups excluding carboxylic acids is 2. The van der Waals surface area contributed by atoms with Crippen LogP contribution in [0.1, 0.15) is 18.4 Å². The summed E-state index contributed by atoms with van der Waals surface area (Å²) in [4.78, 5) is 24.9. The van der Waals surface area contributed by atoms with Crippen molar-refractivity contribution in [1.82, 2.24) is 5.32 Å². The van der Waals surface area contributed by atoms with E-state index in [0.29, 0.717) is 19.4 Å². The van der Waals surface area contributed by atoms with Gasteiger partial charge in [0.15, 0.2) is 0 Å². The summed E-state index contributed by atoms with van der Waals surface area (Å²) in [5.74, 6) is 0.132. The summed E-state index contributed by atoms with van der Waals surface area (Å²) >= 11 is 0. The highest BCUT2D eigenvalue weighted by molar-refractivity contribution is 5.97. The van der Waals surface area contributed by atoms with Crippen molar-refractivity contribution < 1.29 is 9.59 Å². The van der Waals surface area contributed by atoms with E-state index in [1.165, 1.54) is 0 Å². The van der Waals surface area contributed by atoms with Gasteiger partial charge in [-0.2, -0.15) is 0 Å². The lowest BCUT2D eigenvalue weighted by Gasteiger charge is -2.26. The third-order valence-electron chi connectivity index (χ3n) is 3.31. The molecule has 0 bridgehead atoms. The molecule has 19 heavy (non-hydrogen) atoms. The Morgan fingerprint density at radius 1 is 1.37 bits per heavy atom. The minimum atomic E-state index is -0.00506. The molecule has 0 radical (unpaired) electrons. The summed E-state index contributed by atoms with van der Waals surface area (Å²) < 4.78 is 0. The van der Waals surface area contributed by atoms with Crippen LogP contribution in [0.3, 0.4) is 0 Å². The van der Waals surface area contributed by atoms with E-state index in [1.54, 1.807) is 11.9 Å². The van der Waals surface area contributed by atoms with Gasteiger partial charge in [0.05, 0.1) is 0 Å². The quantitative estimate of drug-likeness (QED) is 0.854. The molecule has 0 saturated carbocycles. The van der Waals surface area contributed by atoms with Crippen LogP contribution < -0.4 is 15.5 Å². The zero-order chi connectivity index (χ0) is 13.8. The average molecular weight is 261 g/mol. The van der Waals surface area contributed by atoms with Crippen LogP contribution in [0, 0.1) is 0 Å². The molecular weight excluding hydrogens is 242 g/mol. The average Bonchev–Trinajstić information content (AvgIpc) is 2.41. The number of hydrogen-bond acceptors (Lipinski definition) is 3. The Kier molecular flexibility index (Phi) is 4.16. The van der Waals surface area contributed by atoms with Crippen LogP contribution in [0.25, 0.3) is 0 Å². The third kappa shape index (κ3) is 3.12. The molecule has 1 aliphatic rings. The lowest BCUT2D eigenvalue weighted by Crippen LogP contribution is -2.31. The Bertz CT molecular complexity index is 499. The van der Waals surface area contributed by atoms with E-state index in [-0.39, 0.29) is 11.8 Å². The number of rotatable bonds is 4. The van der Waals surface area contributed by atoms with Crippen molar-refractivity contribution in [2.45, 2.75) is 19.3 Å². The molecule has 0 spiro atoms. The van der Waals surface area contributed by atoms with Crippen molar-refractivity contribution in [3.8, 4) is 0 Å². The van der Waals surface area contributed by atoms with Crippen molar-refractivity contribution in [2.24, 2.45) is 0 Å². The van der Waals surface area contributed by atoms with Crippen LogP contribution in [0.15, 0.2) is 18.2 Å². The maximum absolute atomic E-state index is 11.6. The Morgan fingerprint density at radius 2 is 2.16 bits per heavy atom. The molecule has 0 unspecified atom stereocenters. The van der Waals surface area contributed by atoms with Crippen molar-refractivity contribution in [3.63, 3.8) is 0 Å². The van der Waals surface area contributed by atoms with E-state index in [2.05, 4.69) is 10.6 Å². The molecule has 1 aliphatic heterocycles. The molecule has 0 atom stereocenters. The zero-order valence-corrected chi connectivity index (χ0v) is 11.3. The lowest BCUT2D eigenvalue weighted by atomic mass is 10.0. The molecule has 1 heterocycles. The van der Waals surface area contributed by atoms with Gasteiger partial charge in [-0.1, -0.05) is 0 Å². The lowest BCUT2D eigenvalue weighted by molar-refractivity contribution is -0.118. The Morgan fingerprint density at radius 3 is 2.89 bits per heavy atom. The van der Waals surface area contributed by atoms with E-state index in [9.17, 15) is 9.59 Å². The Labute approximate surface area is 113 Å². The molecular formula is C14H19N3O2. The standard InChI is InChI=1S/C14H19N3O2/c1-15-8-7-13(18)16-11-4-5-12-10(9-11)3-6-14(19)17(12)2/h4-5,9,15H,3,6-8H2,1-2H3,(H,16,18). The summed E-state index contributed by atoms with van der Waals surface area (Å²) in [5, 5.41) is 5.81. The van der Waals surface area contributed by atoms with Crippen molar-refractivity contribution >= 4 is 23.2 Å². The minimum Gasteiger partial charge on any atom is -0.326 e. The molecule has 2 rings (SSSR count). The number of benzene rings is 1. The third-order valence-corrected chi connectivity index (χ3v) is 3.31. The van der Waals surface area contributed by atoms with Crippen LogP contribution >= 0.6 is 0 Å². The first kappa shape index (κ1) is 13.5. The van der Waals surface area contributed by atoms with E-state index in [1.807, 2.05) is 25.2 Å². The first-order chi connectivity index (χ1) is 9.11. The first-order valence-electron chi connectivity index (χ1n) is 6.45. The van der Waals surface area contributed by atoms with Gasteiger partial charge in [-0.15, -0.1) is 0 Å². The molecule has 102 valence electrons. The van der Waals surface area contributed by atoms with Crippen LogP contribution in [-0.4, -0.2) is 32.5 Å². The fraction of sp³-hybridized carbons (Fsp3) is 0.429. The van der Waals surface area contributed by atoms with E-state index >= 15 is 0 Å². The molecule has 2 N–H and O–H groups in total. The number of amides is 2. The molecule has 5 heteroatoms. The summed E-state index contributed by atoms with van der Waals surface area (Å²) in [6.07, 6.45) is 1.71. The molecule has 0 aromatic heterocycles. The van der Waals surface area contributed by atoms with Crippen molar-refractivity contribution in [2.75, 3.05) is 30.9 Å². The van der Waals surface area contributed by atoms with Crippen LogP contribution in [0.5, 0.6) is 0 Å². The van der Waals surface area contributed by atoms with Gasteiger partial charge >= 0.3 is 0 Å². The predicted octanol–water partition coefficient (Wildman–Crippen LogP) is 1.14. The number of nitrogens with one attached hydrogen (secondary N) is 2. The highest BCUT2D eigenvalue weighted by Gasteiger charge is 2.20. The fourth-order valence-electron chi connectivity index (χ4n) is 2.20. The molecule has 0 fully saturated rings. The van der Waals surface area contributed by atoms with Gasteiger partial charge in [0.25, 0.3) is 0 Å². The maximum Gasteiger partial charge on any atom is 0.227 e. The topological polar surface area (TPSA) is 61.4 Å². The summed E-state index contributed by atoms with van der Waals surface area (Å²) in [5.41, 5.74) is 2.83. The monoisotopic (exact) mass is 261 g/mol. The van der Waals surface area contributed by atoms with Gasteiger partial charge in [-0.3, -0.25) is 9.59 Å². The normalized spacial score (nSPS) is 14.2. The predicted molar refractivity (Wildman–Crippen MR) is 75.3 cm³/mol. The Balaban J connectivity index is 2.09. The van der Waals surface area contributed by atoms with E-state index < -0.39 is 0 Å². The molecule has 0 aliphatic carbocycles. The van der Waals surface area contributed by atoms with Crippen LogP contribution in [0.4, 0.5) is 11.4 Å². The number of fused-ring (bicyclic) bond motifs is 1. The second kappa shape index (κ2) is 5.84. The SMILES string of the molecule is CNCCC(=O)Nc1ccc2c(c1)CCC(=O)N2C. The highest BCUT2D eigenvalue weighted by Crippen LogP contribution is 2.29. The number of carbonyl (C=O) groups is 2. The van der Waals surface area contributed by atoms with Crippen molar-refractivity contribution in [1.29, 1.82) is 0 Å². The summed E-state index contributed by atoms with van der Waals surface area (Å²) in [6.45, 7) is 0.661.